The predicted octanol–water partition coefficient (Wildman–Crippen LogP) is 1.36. The second-order valence-corrected chi connectivity index (χ2v) is 7.18. The minimum atomic E-state index is -0.0520. The highest BCUT2D eigenvalue weighted by Crippen LogP contribution is 2.38. The summed E-state index contributed by atoms with van der Waals surface area (Å²) in [5, 5.41) is 16.7. The molecule has 0 spiro atoms. The van der Waals surface area contributed by atoms with E-state index in [1.165, 1.54) is 0 Å². The minimum Gasteiger partial charge on any atom is -0.396 e. The van der Waals surface area contributed by atoms with Crippen LogP contribution in [0.4, 0.5) is 0 Å². The van der Waals surface area contributed by atoms with Crippen molar-refractivity contribution >= 4 is 42.3 Å². The first-order chi connectivity index (χ1) is 11.1. The van der Waals surface area contributed by atoms with Gasteiger partial charge in [-0.2, -0.15) is 0 Å². The Labute approximate surface area is 166 Å². The van der Waals surface area contributed by atoms with Crippen LogP contribution in [0.1, 0.15) is 5.56 Å². The molecule has 0 saturated carbocycles. The van der Waals surface area contributed by atoms with Crippen LogP contribution in [-0.4, -0.2) is 61.8 Å². The highest BCUT2D eigenvalue weighted by Gasteiger charge is 2.49. The third-order valence-electron chi connectivity index (χ3n) is 5.08. The summed E-state index contributed by atoms with van der Waals surface area (Å²) in [6.45, 7) is 4.71. The van der Waals surface area contributed by atoms with Crippen molar-refractivity contribution < 1.29 is 9.90 Å². The van der Waals surface area contributed by atoms with Crippen LogP contribution in [0, 0.1) is 11.3 Å². The Hall–Kier alpha value is -0.560. The van der Waals surface area contributed by atoms with E-state index in [0.29, 0.717) is 19.0 Å². The second-order valence-electron chi connectivity index (χ2n) is 6.74. The molecule has 5 nitrogen and oxygen atoms in total. The third-order valence-corrected chi connectivity index (χ3v) is 5.33. The second kappa shape index (κ2) is 9.95. The molecule has 0 radical (unpaired) electrons. The lowest BCUT2D eigenvalue weighted by Gasteiger charge is -2.25. The van der Waals surface area contributed by atoms with E-state index in [4.69, 9.17) is 11.6 Å². The normalized spacial score (nSPS) is 25.0. The first-order valence-corrected chi connectivity index (χ1v) is 8.54. The third kappa shape index (κ3) is 5.46. The highest BCUT2D eigenvalue weighted by atomic mass is 35.5. The first-order valence-electron chi connectivity index (χ1n) is 8.16. The van der Waals surface area contributed by atoms with Crippen molar-refractivity contribution in [3.05, 3.63) is 34.9 Å². The summed E-state index contributed by atoms with van der Waals surface area (Å²) in [6.07, 6.45) is 0.802. The predicted molar refractivity (Wildman–Crippen MR) is 105 cm³/mol. The average molecular weight is 411 g/mol. The number of fused-ring (bicyclic) bond motifs is 1. The number of aliphatic hydroxyl groups is 1. The molecule has 3 N–H and O–H groups in total. The van der Waals surface area contributed by atoms with Gasteiger partial charge in [0.15, 0.2) is 0 Å². The SMILES string of the molecule is Cl.Cl.O=C(CN1CC2CNCC2(CO)C1)NCCc1ccc(Cl)cc1. The lowest BCUT2D eigenvalue weighted by Crippen LogP contribution is -2.40. The van der Waals surface area contributed by atoms with Crippen LogP contribution >= 0.6 is 36.4 Å². The van der Waals surface area contributed by atoms with Crippen LogP contribution in [0.25, 0.3) is 0 Å². The van der Waals surface area contributed by atoms with E-state index in [-0.39, 0.29) is 42.7 Å². The molecule has 1 aromatic carbocycles. The maximum absolute atomic E-state index is 12.1. The van der Waals surface area contributed by atoms with Crippen molar-refractivity contribution in [2.24, 2.45) is 11.3 Å². The summed E-state index contributed by atoms with van der Waals surface area (Å²) in [5.74, 6) is 0.509. The van der Waals surface area contributed by atoms with Crippen molar-refractivity contribution in [3.63, 3.8) is 0 Å². The Balaban J connectivity index is 0.00000156. The molecule has 0 bridgehead atoms. The Morgan fingerprint density at radius 1 is 1.36 bits per heavy atom. The molecule has 2 aliphatic heterocycles. The number of benzene rings is 1. The number of nitrogens with one attached hydrogen (secondary N) is 2. The molecule has 2 unspecified atom stereocenters. The highest BCUT2D eigenvalue weighted by molar-refractivity contribution is 6.30. The molecule has 3 rings (SSSR count). The lowest BCUT2D eigenvalue weighted by molar-refractivity contribution is -0.122. The Morgan fingerprint density at radius 3 is 2.72 bits per heavy atom. The van der Waals surface area contributed by atoms with E-state index >= 15 is 0 Å². The molecule has 0 aromatic heterocycles. The van der Waals surface area contributed by atoms with Gasteiger partial charge in [0.25, 0.3) is 0 Å². The summed E-state index contributed by atoms with van der Waals surface area (Å²) in [5.41, 5.74) is 1.11. The summed E-state index contributed by atoms with van der Waals surface area (Å²) in [6, 6.07) is 7.69. The molecule has 2 heterocycles. The maximum atomic E-state index is 12.1. The smallest absolute Gasteiger partial charge is 0.234 e. The van der Waals surface area contributed by atoms with Crippen molar-refractivity contribution in [1.82, 2.24) is 15.5 Å². The zero-order valence-corrected chi connectivity index (χ0v) is 16.4. The number of hydrogen-bond acceptors (Lipinski definition) is 4. The molecule has 2 aliphatic rings. The van der Waals surface area contributed by atoms with Gasteiger partial charge < -0.3 is 15.7 Å². The molecule has 2 fully saturated rings. The van der Waals surface area contributed by atoms with Crippen LogP contribution in [0.2, 0.25) is 5.02 Å². The van der Waals surface area contributed by atoms with Gasteiger partial charge in [-0.25, -0.2) is 0 Å². The van der Waals surface area contributed by atoms with E-state index in [2.05, 4.69) is 15.5 Å². The molecule has 8 heteroatoms. The van der Waals surface area contributed by atoms with Gasteiger partial charge in [-0.05, 0) is 36.6 Å². The van der Waals surface area contributed by atoms with Crippen LogP contribution in [0.15, 0.2) is 24.3 Å². The quantitative estimate of drug-likeness (QED) is 0.662. The van der Waals surface area contributed by atoms with E-state index in [0.717, 1.165) is 43.2 Å². The fourth-order valence-electron chi connectivity index (χ4n) is 3.73. The summed E-state index contributed by atoms with van der Waals surface area (Å²) in [7, 11) is 0. The zero-order valence-electron chi connectivity index (χ0n) is 14.0. The van der Waals surface area contributed by atoms with Gasteiger partial charge >= 0.3 is 0 Å². The van der Waals surface area contributed by atoms with Crippen LogP contribution in [0.5, 0.6) is 0 Å². The molecular formula is C17H26Cl3N3O2. The Kier molecular flexibility index (Phi) is 8.95. The van der Waals surface area contributed by atoms with Crippen molar-refractivity contribution in [2.75, 3.05) is 45.9 Å². The van der Waals surface area contributed by atoms with Gasteiger partial charge in [-0.15, -0.1) is 24.8 Å². The van der Waals surface area contributed by atoms with Crippen LogP contribution in [-0.2, 0) is 11.2 Å². The van der Waals surface area contributed by atoms with Crippen LogP contribution < -0.4 is 10.6 Å². The largest absolute Gasteiger partial charge is 0.396 e. The van der Waals surface area contributed by atoms with Gasteiger partial charge in [0.1, 0.15) is 0 Å². The monoisotopic (exact) mass is 409 g/mol. The molecule has 142 valence electrons. The topological polar surface area (TPSA) is 64.6 Å². The summed E-state index contributed by atoms with van der Waals surface area (Å²) in [4.78, 5) is 14.3. The van der Waals surface area contributed by atoms with E-state index in [9.17, 15) is 9.90 Å². The fraction of sp³-hybridized carbons (Fsp3) is 0.588. The molecule has 25 heavy (non-hydrogen) atoms. The number of carbonyl (C=O) groups excluding carboxylic acids is 1. The van der Waals surface area contributed by atoms with Gasteiger partial charge in [0, 0.05) is 36.6 Å². The van der Waals surface area contributed by atoms with Crippen molar-refractivity contribution in [3.8, 4) is 0 Å². The summed E-state index contributed by atoms with van der Waals surface area (Å²) >= 11 is 5.86. The number of rotatable bonds is 6. The van der Waals surface area contributed by atoms with E-state index in [1.54, 1.807) is 0 Å². The minimum absolute atomic E-state index is 0. The average Bonchev–Trinajstić information content (AvgIpc) is 3.06. The lowest BCUT2D eigenvalue weighted by atomic mass is 9.82. The number of carbonyl (C=O) groups is 1. The Morgan fingerprint density at radius 2 is 2.08 bits per heavy atom. The number of amides is 1. The molecular weight excluding hydrogens is 385 g/mol. The molecule has 2 saturated heterocycles. The van der Waals surface area contributed by atoms with E-state index < -0.39 is 0 Å². The van der Waals surface area contributed by atoms with Gasteiger partial charge in [0.05, 0.1) is 13.2 Å². The van der Waals surface area contributed by atoms with Crippen molar-refractivity contribution in [2.45, 2.75) is 6.42 Å². The molecule has 0 aliphatic carbocycles. The van der Waals surface area contributed by atoms with Gasteiger partial charge in [-0.3, -0.25) is 9.69 Å². The number of aliphatic hydroxyl groups excluding tert-OH is 1. The maximum Gasteiger partial charge on any atom is 0.234 e. The molecule has 1 aromatic rings. The van der Waals surface area contributed by atoms with E-state index in [1.807, 2.05) is 24.3 Å². The Bertz CT molecular complexity index is 559. The number of likely N-dealkylation sites (tertiary alicyclic amines) is 1. The number of halogens is 3. The van der Waals surface area contributed by atoms with Crippen LogP contribution in [0.3, 0.4) is 0 Å². The zero-order chi connectivity index (χ0) is 16.3. The standard InChI is InChI=1S/C17H24ClN3O2.2ClH/c18-15-3-1-13(2-4-15)5-6-20-16(23)9-21-8-14-7-19-10-17(14,11-21)12-22;;/h1-4,14,19,22H,5-12H2,(H,20,23);2*1H. The molecule has 2 atom stereocenters. The van der Waals surface area contributed by atoms with Gasteiger partial charge in [0.2, 0.25) is 5.91 Å². The fourth-order valence-corrected chi connectivity index (χ4v) is 3.86. The van der Waals surface area contributed by atoms with Crippen molar-refractivity contribution in [1.29, 1.82) is 0 Å². The van der Waals surface area contributed by atoms with Gasteiger partial charge in [-0.1, -0.05) is 23.7 Å². The summed E-state index contributed by atoms with van der Waals surface area (Å²) < 4.78 is 0. The first kappa shape index (κ1) is 22.5. The number of nitrogens with zero attached hydrogens (tertiary/aromatic N) is 1. The molecule has 1 amide bonds. The number of hydrogen-bond donors (Lipinski definition) is 3.